The third kappa shape index (κ3) is 3.85. The van der Waals surface area contributed by atoms with Gasteiger partial charge in [-0.3, -0.25) is 9.48 Å². The summed E-state index contributed by atoms with van der Waals surface area (Å²) in [6.07, 6.45) is 5.64. The highest BCUT2D eigenvalue weighted by molar-refractivity contribution is 5.95. The van der Waals surface area contributed by atoms with E-state index in [0.29, 0.717) is 24.6 Å². The van der Waals surface area contributed by atoms with Gasteiger partial charge in [-0.05, 0) is 31.2 Å². The van der Waals surface area contributed by atoms with Gasteiger partial charge >= 0.3 is 0 Å². The molecule has 1 fully saturated rings. The Bertz CT molecular complexity index is 675. The summed E-state index contributed by atoms with van der Waals surface area (Å²) >= 11 is 0. The first-order valence-corrected chi connectivity index (χ1v) is 8.67. The molecule has 0 radical (unpaired) electrons. The number of carbonyl (C=O) groups excluding carboxylic acids is 1. The molecule has 1 heterocycles. The van der Waals surface area contributed by atoms with Gasteiger partial charge in [-0.25, -0.2) is 0 Å². The minimum atomic E-state index is -0.448. The lowest BCUT2D eigenvalue weighted by molar-refractivity contribution is 0.0840. The maximum absolute atomic E-state index is 12.4. The van der Waals surface area contributed by atoms with Crippen LogP contribution in [0.4, 0.5) is 0 Å². The average Bonchev–Trinajstić information content (AvgIpc) is 3.25. The smallest absolute Gasteiger partial charge is 0.254 e. The zero-order valence-corrected chi connectivity index (χ0v) is 14.1. The van der Waals surface area contributed by atoms with Crippen molar-refractivity contribution in [3.8, 4) is 0 Å². The maximum atomic E-state index is 12.4. The molecule has 0 spiro atoms. The van der Waals surface area contributed by atoms with Crippen LogP contribution in [0.2, 0.25) is 0 Å². The number of aliphatic hydroxyl groups is 1. The van der Waals surface area contributed by atoms with Crippen LogP contribution in [0.5, 0.6) is 0 Å². The summed E-state index contributed by atoms with van der Waals surface area (Å²) in [6.45, 7) is 2.86. The van der Waals surface area contributed by atoms with E-state index in [1.807, 2.05) is 41.9 Å². The van der Waals surface area contributed by atoms with Crippen molar-refractivity contribution in [2.45, 2.75) is 45.3 Å². The molecule has 2 aromatic rings. The van der Waals surface area contributed by atoms with E-state index in [1.54, 1.807) is 6.20 Å². The fourth-order valence-corrected chi connectivity index (χ4v) is 3.39. The first-order chi connectivity index (χ1) is 11.6. The number of nitrogens with one attached hydrogen (secondary N) is 1. The van der Waals surface area contributed by atoms with Gasteiger partial charge in [0.2, 0.25) is 0 Å². The van der Waals surface area contributed by atoms with Gasteiger partial charge in [-0.2, -0.15) is 5.10 Å². The van der Waals surface area contributed by atoms with E-state index in [-0.39, 0.29) is 5.91 Å². The maximum Gasteiger partial charge on any atom is 0.254 e. The Morgan fingerprint density at radius 3 is 2.75 bits per heavy atom. The van der Waals surface area contributed by atoms with Crippen LogP contribution in [0, 0.1) is 12.8 Å². The molecular weight excluding hydrogens is 302 g/mol. The minimum absolute atomic E-state index is 0.163. The fraction of sp³-hybridized carbons (Fsp3) is 0.474. The lowest BCUT2D eigenvalue weighted by Crippen LogP contribution is -2.35. The predicted octanol–water partition coefficient (Wildman–Crippen LogP) is 2.52. The van der Waals surface area contributed by atoms with Gasteiger partial charge in [-0.15, -0.1) is 0 Å². The molecule has 1 aromatic heterocycles. The minimum Gasteiger partial charge on any atom is -0.391 e. The largest absolute Gasteiger partial charge is 0.391 e. The Labute approximate surface area is 142 Å². The lowest BCUT2D eigenvalue weighted by Gasteiger charge is -2.18. The van der Waals surface area contributed by atoms with Gasteiger partial charge in [0.25, 0.3) is 5.91 Å². The first-order valence-electron chi connectivity index (χ1n) is 8.67. The molecule has 5 nitrogen and oxygen atoms in total. The summed E-state index contributed by atoms with van der Waals surface area (Å²) < 4.78 is 1.83. The summed E-state index contributed by atoms with van der Waals surface area (Å²) in [5, 5.41) is 17.4. The van der Waals surface area contributed by atoms with Crippen LogP contribution in [-0.4, -0.2) is 33.4 Å². The Balaban J connectivity index is 1.59. The molecule has 0 bridgehead atoms. The molecule has 3 rings (SSSR count). The molecule has 0 saturated heterocycles. The molecule has 5 heteroatoms. The molecule has 1 unspecified atom stereocenters. The van der Waals surface area contributed by atoms with Gasteiger partial charge in [0.15, 0.2) is 0 Å². The highest BCUT2D eigenvalue weighted by Crippen LogP contribution is 2.27. The number of carbonyl (C=O) groups is 1. The van der Waals surface area contributed by atoms with Crippen molar-refractivity contribution in [1.29, 1.82) is 0 Å². The lowest BCUT2D eigenvalue weighted by atomic mass is 10.0. The second-order valence-corrected chi connectivity index (χ2v) is 6.61. The molecule has 24 heavy (non-hydrogen) atoms. The molecule has 0 aliphatic heterocycles. The predicted molar refractivity (Wildman–Crippen MR) is 92.8 cm³/mol. The van der Waals surface area contributed by atoms with Crippen LogP contribution >= 0.6 is 0 Å². The zero-order valence-electron chi connectivity index (χ0n) is 14.1. The molecule has 2 N–H and O–H groups in total. The fourth-order valence-electron chi connectivity index (χ4n) is 3.39. The number of hydrogen-bond donors (Lipinski definition) is 2. The van der Waals surface area contributed by atoms with Gasteiger partial charge in [-0.1, -0.05) is 43.2 Å². The number of rotatable bonds is 6. The van der Waals surface area contributed by atoms with E-state index in [9.17, 15) is 9.90 Å². The van der Waals surface area contributed by atoms with E-state index < -0.39 is 6.10 Å². The van der Waals surface area contributed by atoms with Gasteiger partial charge in [0, 0.05) is 12.2 Å². The third-order valence-electron chi connectivity index (χ3n) is 4.94. The molecule has 128 valence electrons. The van der Waals surface area contributed by atoms with Crippen molar-refractivity contribution in [1.82, 2.24) is 15.1 Å². The van der Waals surface area contributed by atoms with Crippen molar-refractivity contribution in [3.63, 3.8) is 0 Å². The second-order valence-electron chi connectivity index (χ2n) is 6.61. The van der Waals surface area contributed by atoms with Gasteiger partial charge in [0.05, 0.1) is 24.4 Å². The molecule has 1 aromatic carbocycles. The second kappa shape index (κ2) is 7.62. The van der Waals surface area contributed by atoms with Crippen molar-refractivity contribution in [2.24, 2.45) is 5.92 Å². The summed E-state index contributed by atoms with van der Waals surface area (Å²) in [5.41, 5.74) is 2.56. The molecule has 1 aliphatic carbocycles. The van der Waals surface area contributed by atoms with Gasteiger partial charge in [0.1, 0.15) is 0 Å². The molecule has 1 amide bonds. The number of amides is 1. The van der Waals surface area contributed by atoms with Crippen LogP contribution < -0.4 is 5.32 Å². The Kier molecular flexibility index (Phi) is 5.30. The number of aliphatic hydroxyl groups excluding tert-OH is 1. The van der Waals surface area contributed by atoms with Crippen molar-refractivity contribution >= 4 is 5.91 Å². The van der Waals surface area contributed by atoms with Crippen LogP contribution in [-0.2, 0) is 6.54 Å². The Morgan fingerprint density at radius 1 is 1.33 bits per heavy atom. The summed E-state index contributed by atoms with van der Waals surface area (Å²) in [5.74, 6) is 0.163. The quantitative estimate of drug-likeness (QED) is 0.857. The highest BCUT2D eigenvalue weighted by atomic mass is 16.3. The van der Waals surface area contributed by atoms with Crippen LogP contribution in [0.3, 0.4) is 0 Å². The topological polar surface area (TPSA) is 67.2 Å². The molecular formula is C19H25N3O2. The van der Waals surface area contributed by atoms with E-state index in [0.717, 1.165) is 24.1 Å². The Hall–Kier alpha value is -2.14. The summed E-state index contributed by atoms with van der Waals surface area (Å²) in [7, 11) is 0. The van der Waals surface area contributed by atoms with Crippen LogP contribution in [0.15, 0.2) is 36.5 Å². The summed E-state index contributed by atoms with van der Waals surface area (Å²) in [4.78, 5) is 12.4. The van der Waals surface area contributed by atoms with Crippen molar-refractivity contribution in [3.05, 3.63) is 53.3 Å². The normalized spacial score (nSPS) is 16.2. The molecule has 1 atom stereocenters. The molecule has 1 saturated carbocycles. The van der Waals surface area contributed by atoms with Crippen molar-refractivity contribution in [2.75, 3.05) is 6.54 Å². The Morgan fingerprint density at radius 2 is 2.04 bits per heavy atom. The monoisotopic (exact) mass is 327 g/mol. The number of nitrogens with zero attached hydrogens (tertiary/aromatic N) is 2. The number of aromatic nitrogens is 2. The first kappa shape index (κ1) is 16.7. The van der Waals surface area contributed by atoms with E-state index in [2.05, 4.69) is 10.4 Å². The van der Waals surface area contributed by atoms with E-state index >= 15 is 0 Å². The van der Waals surface area contributed by atoms with Crippen molar-refractivity contribution < 1.29 is 9.90 Å². The van der Waals surface area contributed by atoms with E-state index in [1.165, 1.54) is 12.8 Å². The standard InChI is InChI=1S/C19H25N3O2/c1-14-17(11-21-22(14)13-15-7-3-2-4-8-15)19(24)20-12-18(23)16-9-5-6-10-16/h2-4,7-8,11,16,18,23H,5-6,9-10,12-13H2,1H3,(H,20,24). The van der Waals surface area contributed by atoms with E-state index in [4.69, 9.17) is 0 Å². The average molecular weight is 327 g/mol. The third-order valence-corrected chi connectivity index (χ3v) is 4.94. The summed E-state index contributed by atoms with van der Waals surface area (Å²) in [6, 6.07) is 10.0. The zero-order chi connectivity index (χ0) is 16.9. The van der Waals surface area contributed by atoms with Crippen LogP contribution in [0.1, 0.15) is 47.3 Å². The number of benzene rings is 1. The van der Waals surface area contributed by atoms with Crippen LogP contribution in [0.25, 0.3) is 0 Å². The SMILES string of the molecule is Cc1c(C(=O)NCC(O)C2CCCC2)cnn1Cc1ccccc1. The molecule has 1 aliphatic rings. The number of hydrogen-bond acceptors (Lipinski definition) is 3. The van der Waals surface area contributed by atoms with Gasteiger partial charge < -0.3 is 10.4 Å². The highest BCUT2D eigenvalue weighted by Gasteiger charge is 2.24.